The van der Waals surface area contributed by atoms with Gasteiger partial charge in [-0.25, -0.2) is 13.6 Å². The van der Waals surface area contributed by atoms with Crippen LogP contribution >= 0.6 is 0 Å². The number of benzene rings is 2. The summed E-state index contributed by atoms with van der Waals surface area (Å²) in [6, 6.07) is 7.74. The van der Waals surface area contributed by atoms with E-state index in [4.69, 9.17) is 4.74 Å². The molecule has 168 valence electrons. The standard InChI is InChI=1S/C25H32F2N2O2/c1-16-11-21(28-24(30)31-25(3,4)5)12-17(2)23(16)29-10-6-7-18(15-29)13-19-8-9-20(26)14-22(19)27/h8-9,11-12,14,18H,6-7,10,13,15H2,1-5H3,(H,28,30). The first-order valence-corrected chi connectivity index (χ1v) is 10.8. The van der Waals surface area contributed by atoms with Gasteiger partial charge in [0.25, 0.3) is 0 Å². The lowest BCUT2D eigenvalue weighted by molar-refractivity contribution is 0.0636. The zero-order valence-corrected chi connectivity index (χ0v) is 19.0. The van der Waals surface area contributed by atoms with Crippen molar-refractivity contribution in [2.45, 2.75) is 59.5 Å². The Labute approximate surface area is 183 Å². The molecule has 0 aliphatic carbocycles. The molecule has 3 rings (SSSR count). The van der Waals surface area contributed by atoms with E-state index in [1.165, 1.54) is 6.07 Å². The minimum absolute atomic E-state index is 0.298. The van der Waals surface area contributed by atoms with Crippen LogP contribution < -0.4 is 10.2 Å². The molecule has 1 fully saturated rings. The number of amides is 1. The van der Waals surface area contributed by atoms with Crippen molar-refractivity contribution < 1.29 is 18.3 Å². The summed E-state index contributed by atoms with van der Waals surface area (Å²) >= 11 is 0. The first-order chi connectivity index (χ1) is 14.5. The molecule has 1 aliphatic rings. The number of rotatable bonds is 4. The van der Waals surface area contributed by atoms with Crippen molar-refractivity contribution in [1.82, 2.24) is 0 Å². The highest BCUT2D eigenvalue weighted by Gasteiger charge is 2.24. The number of halogens is 2. The summed E-state index contributed by atoms with van der Waals surface area (Å²) < 4.78 is 32.7. The number of nitrogens with zero attached hydrogens (tertiary/aromatic N) is 1. The Hall–Kier alpha value is -2.63. The molecule has 1 atom stereocenters. The average Bonchev–Trinajstić information content (AvgIpc) is 2.62. The van der Waals surface area contributed by atoms with E-state index in [-0.39, 0.29) is 0 Å². The predicted octanol–water partition coefficient (Wildman–Crippen LogP) is 6.39. The molecule has 0 saturated carbocycles. The van der Waals surface area contributed by atoms with Crippen LogP contribution in [0, 0.1) is 31.4 Å². The summed E-state index contributed by atoms with van der Waals surface area (Å²) in [7, 11) is 0. The molecule has 2 aromatic carbocycles. The lowest BCUT2D eigenvalue weighted by Gasteiger charge is -2.36. The van der Waals surface area contributed by atoms with Crippen molar-refractivity contribution in [2.75, 3.05) is 23.3 Å². The van der Waals surface area contributed by atoms with E-state index in [1.807, 2.05) is 46.8 Å². The largest absolute Gasteiger partial charge is 0.444 e. The number of ether oxygens (including phenoxy) is 1. The Morgan fingerprint density at radius 1 is 1.16 bits per heavy atom. The van der Waals surface area contributed by atoms with Gasteiger partial charge >= 0.3 is 6.09 Å². The van der Waals surface area contributed by atoms with Crippen LogP contribution in [0.3, 0.4) is 0 Å². The van der Waals surface area contributed by atoms with Crippen molar-refractivity contribution in [3.05, 3.63) is 58.7 Å². The van der Waals surface area contributed by atoms with E-state index in [0.29, 0.717) is 23.6 Å². The molecule has 0 radical (unpaired) electrons. The third-order valence-corrected chi connectivity index (χ3v) is 5.50. The van der Waals surface area contributed by atoms with Crippen LogP contribution in [-0.4, -0.2) is 24.8 Å². The fraction of sp³-hybridized carbons (Fsp3) is 0.480. The quantitative estimate of drug-likeness (QED) is 0.611. The maximum atomic E-state index is 14.1. The molecule has 31 heavy (non-hydrogen) atoms. The third kappa shape index (κ3) is 6.18. The van der Waals surface area contributed by atoms with Crippen molar-refractivity contribution in [1.29, 1.82) is 0 Å². The number of anilines is 2. The van der Waals surface area contributed by atoms with Crippen LogP contribution in [0.2, 0.25) is 0 Å². The summed E-state index contributed by atoms with van der Waals surface area (Å²) in [5.41, 5.74) is 4.01. The van der Waals surface area contributed by atoms with Gasteiger partial charge in [0.1, 0.15) is 17.2 Å². The highest BCUT2D eigenvalue weighted by atomic mass is 19.1. The van der Waals surface area contributed by atoms with Crippen LogP contribution in [0.15, 0.2) is 30.3 Å². The van der Waals surface area contributed by atoms with Gasteiger partial charge in [-0.1, -0.05) is 6.07 Å². The molecular weight excluding hydrogens is 398 g/mol. The van der Waals surface area contributed by atoms with Gasteiger partial charge in [0.05, 0.1) is 0 Å². The molecule has 4 nitrogen and oxygen atoms in total. The Balaban J connectivity index is 1.72. The molecule has 6 heteroatoms. The van der Waals surface area contributed by atoms with Gasteiger partial charge in [0.2, 0.25) is 0 Å². The summed E-state index contributed by atoms with van der Waals surface area (Å²) in [4.78, 5) is 14.4. The maximum Gasteiger partial charge on any atom is 0.412 e. The van der Waals surface area contributed by atoms with Gasteiger partial charge in [-0.15, -0.1) is 0 Å². The van der Waals surface area contributed by atoms with Crippen LogP contribution in [0.1, 0.15) is 50.3 Å². The zero-order chi connectivity index (χ0) is 22.8. The maximum absolute atomic E-state index is 14.1. The Kier molecular flexibility index (Phi) is 6.87. The van der Waals surface area contributed by atoms with E-state index in [2.05, 4.69) is 10.2 Å². The second-order valence-corrected chi connectivity index (χ2v) is 9.48. The average molecular weight is 431 g/mol. The van der Waals surface area contributed by atoms with Gasteiger partial charge in [-0.2, -0.15) is 0 Å². The Morgan fingerprint density at radius 2 is 1.84 bits per heavy atom. The molecular formula is C25H32F2N2O2. The lowest BCUT2D eigenvalue weighted by Crippen LogP contribution is -2.37. The molecule has 1 N–H and O–H groups in total. The molecule has 1 amide bonds. The van der Waals surface area contributed by atoms with Gasteiger partial charge in [-0.3, -0.25) is 5.32 Å². The summed E-state index contributed by atoms with van der Waals surface area (Å²) in [5.74, 6) is -0.716. The number of piperidine rings is 1. The normalized spacial score (nSPS) is 16.9. The van der Waals surface area contributed by atoms with Gasteiger partial charge < -0.3 is 9.64 Å². The topological polar surface area (TPSA) is 41.6 Å². The Morgan fingerprint density at radius 3 is 2.45 bits per heavy atom. The molecule has 1 saturated heterocycles. The van der Waals surface area contributed by atoms with Crippen LogP contribution in [0.5, 0.6) is 0 Å². The second kappa shape index (κ2) is 9.25. The van der Waals surface area contributed by atoms with Gasteiger partial charge in [0.15, 0.2) is 0 Å². The highest BCUT2D eigenvalue weighted by molar-refractivity contribution is 5.86. The van der Waals surface area contributed by atoms with E-state index in [1.54, 1.807) is 6.07 Å². The van der Waals surface area contributed by atoms with Crippen molar-refractivity contribution in [3.8, 4) is 0 Å². The van der Waals surface area contributed by atoms with Crippen molar-refractivity contribution in [2.24, 2.45) is 5.92 Å². The minimum atomic E-state index is -0.555. The molecule has 1 heterocycles. The van der Waals surface area contributed by atoms with E-state index in [9.17, 15) is 13.6 Å². The van der Waals surface area contributed by atoms with E-state index >= 15 is 0 Å². The minimum Gasteiger partial charge on any atom is -0.444 e. The Bertz CT molecular complexity index is 930. The van der Waals surface area contributed by atoms with Gasteiger partial charge in [-0.05, 0) is 94.7 Å². The monoisotopic (exact) mass is 430 g/mol. The molecule has 1 unspecified atom stereocenters. The molecule has 1 aliphatic heterocycles. The predicted molar refractivity (Wildman–Crippen MR) is 121 cm³/mol. The molecule has 0 spiro atoms. The SMILES string of the molecule is Cc1cc(NC(=O)OC(C)(C)C)cc(C)c1N1CCCC(Cc2ccc(F)cc2F)C1. The van der Waals surface area contributed by atoms with Crippen molar-refractivity contribution >= 4 is 17.5 Å². The molecule has 0 bridgehead atoms. The molecule has 0 aromatic heterocycles. The fourth-order valence-corrected chi connectivity index (χ4v) is 4.38. The van der Waals surface area contributed by atoms with E-state index < -0.39 is 23.3 Å². The second-order valence-electron chi connectivity index (χ2n) is 9.48. The summed E-state index contributed by atoms with van der Waals surface area (Å²) in [6.45, 7) is 11.3. The van der Waals surface area contributed by atoms with E-state index in [0.717, 1.165) is 48.8 Å². The molecule has 2 aromatic rings. The number of carbonyl (C=O) groups excluding carboxylic acids is 1. The number of hydrogen-bond acceptors (Lipinski definition) is 3. The van der Waals surface area contributed by atoms with Crippen LogP contribution in [-0.2, 0) is 11.2 Å². The number of nitrogens with one attached hydrogen (secondary N) is 1. The number of hydrogen-bond donors (Lipinski definition) is 1. The third-order valence-electron chi connectivity index (χ3n) is 5.50. The lowest BCUT2D eigenvalue weighted by atomic mass is 9.90. The number of carbonyl (C=O) groups is 1. The number of aryl methyl sites for hydroxylation is 2. The highest BCUT2D eigenvalue weighted by Crippen LogP contribution is 2.33. The first kappa shape index (κ1) is 23.0. The zero-order valence-electron chi connectivity index (χ0n) is 19.0. The summed E-state index contributed by atoms with van der Waals surface area (Å²) in [5, 5.41) is 2.81. The summed E-state index contributed by atoms with van der Waals surface area (Å²) in [6.07, 6.45) is 2.16. The smallest absolute Gasteiger partial charge is 0.412 e. The van der Waals surface area contributed by atoms with Crippen LogP contribution in [0.4, 0.5) is 25.0 Å². The fourth-order valence-electron chi connectivity index (χ4n) is 4.38. The van der Waals surface area contributed by atoms with Gasteiger partial charge in [0, 0.05) is 30.5 Å². The first-order valence-electron chi connectivity index (χ1n) is 10.8. The van der Waals surface area contributed by atoms with Crippen molar-refractivity contribution in [3.63, 3.8) is 0 Å². The van der Waals surface area contributed by atoms with Crippen LogP contribution in [0.25, 0.3) is 0 Å².